The number of ether oxygens (including phenoxy) is 1. The lowest BCUT2D eigenvalue weighted by molar-refractivity contribution is 0.00664. The predicted octanol–water partition coefficient (Wildman–Crippen LogP) is 2.63. The van der Waals surface area contributed by atoms with E-state index in [1.54, 1.807) is 0 Å². The Labute approximate surface area is 92.6 Å². The number of halogens is 1. The van der Waals surface area contributed by atoms with E-state index in [0.29, 0.717) is 0 Å². The molecule has 0 unspecified atom stereocenters. The molecule has 2 atom stereocenters. The monoisotopic (exact) mass is 255 g/mol. The highest BCUT2D eigenvalue weighted by Crippen LogP contribution is 2.28. The molecule has 0 radical (unpaired) electrons. The van der Waals surface area contributed by atoms with E-state index < -0.39 is 0 Å². The Morgan fingerprint density at radius 3 is 3.00 bits per heavy atom. The first kappa shape index (κ1) is 10.1. The zero-order valence-electron chi connectivity index (χ0n) is 7.95. The van der Waals surface area contributed by atoms with Gasteiger partial charge in [-0.2, -0.15) is 0 Å². The second-order valence-corrected chi connectivity index (χ2v) is 4.61. The van der Waals surface area contributed by atoms with Gasteiger partial charge in [-0.15, -0.1) is 0 Å². The normalized spacial score (nSPS) is 27.6. The van der Waals surface area contributed by atoms with Crippen LogP contribution >= 0.6 is 15.9 Å². The molecule has 0 spiro atoms. The highest BCUT2D eigenvalue weighted by molar-refractivity contribution is 9.10. The largest absolute Gasteiger partial charge is 0.373 e. The smallest absolute Gasteiger partial charge is 0.0840 e. The van der Waals surface area contributed by atoms with E-state index in [4.69, 9.17) is 10.5 Å². The number of hydrogen-bond donors (Lipinski definition) is 1. The summed E-state index contributed by atoms with van der Waals surface area (Å²) in [5.74, 6) is 0. The van der Waals surface area contributed by atoms with Crippen LogP contribution in [-0.4, -0.2) is 12.6 Å². The molecule has 1 aromatic carbocycles. The Morgan fingerprint density at radius 1 is 1.43 bits per heavy atom. The minimum absolute atomic E-state index is 0.177. The van der Waals surface area contributed by atoms with E-state index in [1.165, 1.54) is 5.56 Å². The molecule has 1 fully saturated rings. The lowest BCUT2D eigenvalue weighted by Crippen LogP contribution is -2.30. The van der Waals surface area contributed by atoms with E-state index in [1.807, 2.05) is 12.1 Å². The zero-order chi connectivity index (χ0) is 9.97. The van der Waals surface area contributed by atoms with E-state index in [0.717, 1.165) is 23.9 Å². The van der Waals surface area contributed by atoms with Crippen molar-refractivity contribution in [1.29, 1.82) is 0 Å². The summed E-state index contributed by atoms with van der Waals surface area (Å²) in [5, 5.41) is 0. The zero-order valence-corrected chi connectivity index (χ0v) is 9.53. The van der Waals surface area contributed by atoms with Crippen molar-refractivity contribution in [2.45, 2.75) is 25.0 Å². The Hall–Kier alpha value is -0.380. The second-order valence-electron chi connectivity index (χ2n) is 3.70. The molecule has 0 amide bonds. The van der Waals surface area contributed by atoms with Gasteiger partial charge in [-0.05, 0) is 30.5 Å². The third-order valence-electron chi connectivity index (χ3n) is 2.54. The second kappa shape index (κ2) is 4.43. The fraction of sp³-hybridized carbons (Fsp3) is 0.455. The Morgan fingerprint density at radius 2 is 2.29 bits per heavy atom. The minimum Gasteiger partial charge on any atom is -0.373 e. The summed E-state index contributed by atoms with van der Waals surface area (Å²) in [6, 6.07) is 8.53. The Kier molecular flexibility index (Phi) is 3.21. The van der Waals surface area contributed by atoms with E-state index in [2.05, 4.69) is 28.1 Å². The molecular formula is C11H14BrNO. The standard InChI is InChI=1S/C11H14BrNO/c12-9-3-1-2-8(6-9)11-7-10(13)4-5-14-11/h1-3,6,10-11H,4-5,7,13H2/t10-,11+/m0/s1. The van der Waals surface area contributed by atoms with Gasteiger partial charge in [-0.25, -0.2) is 0 Å². The first-order valence-electron chi connectivity index (χ1n) is 4.88. The van der Waals surface area contributed by atoms with Gasteiger partial charge in [0.2, 0.25) is 0 Å². The molecule has 0 aliphatic carbocycles. The van der Waals surface area contributed by atoms with Crippen LogP contribution in [0.5, 0.6) is 0 Å². The molecule has 76 valence electrons. The van der Waals surface area contributed by atoms with Crippen LogP contribution in [0.15, 0.2) is 28.7 Å². The van der Waals surface area contributed by atoms with Crippen molar-refractivity contribution in [2.24, 2.45) is 5.73 Å². The van der Waals surface area contributed by atoms with Gasteiger partial charge in [0.15, 0.2) is 0 Å². The summed E-state index contributed by atoms with van der Waals surface area (Å²) in [7, 11) is 0. The van der Waals surface area contributed by atoms with Gasteiger partial charge in [0.1, 0.15) is 0 Å². The van der Waals surface area contributed by atoms with E-state index in [-0.39, 0.29) is 12.1 Å². The summed E-state index contributed by atoms with van der Waals surface area (Å²) in [6.45, 7) is 0.776. The van der Waals surface area contributed by atoms with Gasteiger partial charge >= 0.3 is 0 Å². The van der Waals surface area contributed by atoms with Crippen LogP contribution < -0.4 is 5.73 Å². The van der Waals surface area contributed by atoms with Crippen LogP contribution in [0, 0.1) is 0 Å². The number of hydrogen-bond acceptors (Lipinski definition) is 2. The molecule has 1 aromatic rings. The summed E-state index contributed by atoms with van der Waals surface area (Å²) in [6.07, 6.45) is 2.08. The van der Waals surface area contributed by atoms with Gasteiger partial charge in [0.05, 0.1) is 6.10 Å². The Bertz CT molecular complexity index is 316. The molecule has 0 aromatic heterocycles. The van der Waals surface area contributed by atoms with Crippen molar-refractivity contribution in [3.05, 3.63) is 34.3 Å². The van der Waals surface area contributed by atoms with Gasteiger partial charge in [0.25, 0.3) is 0 Å². The number of benzene rings is 1. The summed E-state index contributed by atoms with van der Waals surface area (Å²) >= 11 is 3.46. The average molecular weight is 256 g/mol. The lowest BCUT2D eigenvalue weighted by Gasteiger charge is -2.27. The van der Waals surface area contributed by atoms with Crippen LogP contribution in [0.3, 0.4) is 0 Å². The molecule has 1 saturated heterocycles. The van der Waals surface area contributed by atoms with Gasteiger partial charge in [-0.1, -0.05) is 28.1 Å². The van der Waals surface area contributed by atoms with Crippen molar-refractivity contribution in [3.8, 4) is 0 Å². The van der Waals surface area contributed by atoms with Crippen LogP contribution in [0.4, 0.5) is 0 Å². The average Bonchev–Trinajstić information content (AvgIpc) is 2.18. The summed E-state index contributed by atoms with van der Waals surface area (Å²) in [5.41, 5.74) is 7.13. The topological polar surface area (TPSA) is 35.2 Å². The lowest BCUT2D eigenvalue weighted by atomic mass is 9.98. The Balaban J connectivity index is 2.14. The van der Waals surface area contributed by atoms with Crippen molar-refractivity contribution < 1.29 is 4.74 Å². The molecule has 2 nitrogen and oxygen atoms in total. The molecule has 1 aliphatic rings. The number of nitrogens with two attached hydrogens (primary N) is 1. The van der Waals surface area contributed by atoms with Crippen LogP contribution in [-0.2, 0) is 4.74 Å². The van der Waals surface area contributed by atoms with Crippen molar-refractivity contribution in [3.63, 3.8) is 0 Å². The SMILES string of the molecule is N[C@H]1CCO[C@@H](c2cccc(Br)c2)C1. The van der Waals surface area contributed by atoms with Gasteiger partial charge < -0.3 is 10.5 Å². The summed E-state index contributed by atoms with van der Waals surface area (Å²) in [4.78, 5) is 0. The molecule has 14 heavy (non-hydrogen) atoms. The quantitative estimate of drug-likeness (QED) is 0.838. The molecule has 1 aliphatic heterocycles. The fourth-order valence-electron chi connectivity index (χ4n) is 1.76. The van der Waals surface area contributed by atoms with Crippen LogP contribution in [0.2, 0.25) is 0 Å². The third kappa shape index (κ3) is 2.35. The van der Waals surface area contributed by atoms with Crippen molar-refractivity contribution in [1.82, 2.24) is 0 Å². The van der Waals surface area contributed by atoms with Gasteiger partial charge in [0, 0.05) is 17.1 Å². The molecule has 1 heterocycles. The molecule has 2 N–H and O–H groups in total. The fourth-order valence-corrected chi connectivity index (χ4v) is 2.18. The highest BCUT2D eigenvalue weighted by atomic mass is 79.9. The minimum atomic E-state index is 0.177. The third-order valence-corrected chi connectivity index (χ3v) is 3.04. The first-order valence-corrected chi connectivity index (χ1v) is 5.67. The van der Waals surface area contributed by atoms with Crippen LogP contribution in [0.25, 0.3) is 0 Å². The van der Waals surface area contributed by atoms with Gasteiger partial charge in [-0.3, -0.25) is 0 Å². The summed E-state index contributed by atoms with van der Waals surface area (Å²) < 4.78 is 6.78. The molecular weight excluding hydrogens is 242 g/mol. The maximum Gasteiger partial charge on any atom is 0.0840 e. The highest BCUT2D eigenvalue weighted by Gasteiger charge is 2.21. The molecule has 2 rings (SSSR count). The molecule has 0 saturated carbocycles. The van der Waals surface area contributed by atoms with E-state index in [9.17, 15) is 0 Å². The maximum absolute atomic E-state index is 5.91. The molecule has 3 heteroatoms. The van der Waals surface area contributed by atoms with Crippen LogP contribution in [0.1, 0.15) is 24.5 Å². The van der Waals surface area contributed by atoms with E-state index >= 15 is 0 Å². The van der Waals surface area contributed by atoms with Crippen molar-refractivity contribution in [2.75, 3.05) is 6.61 Å². The van der Waals surface area contributed by atoms with Crippen molar-refractivity contribution >= 4 is 15.9 Å². The predicted molar refractivity (Wildman–Crippen MR) is 60.0 cm³/mol. The first-order chi connectivity index (χ1) is 6.75. The number of rotatable bonds is 1. The molecule has 0 bridgehead atoms. The maximum atomic E-state index is 5.91.